The molecule has 0 nitrogen and oxygen atoms in total. The Morgan fingerprint density at radius 1 is 1.22 bits per heavy atom. The van der Waals surface area contributed by atoms with Crippen LogP contribution in [0.2, 0.25) is 0 Å². The first-order chi connectivity index (χ1) is 8.43. The lowest BCUT2D eigenvalue weighted by molar-refractivity contribution is 0.590. The molecule has 0 saturated carbocycles. The Balaban J connectivity index is 2.64. The van der Waals surface area contributed by atoms with Crippen molar-refractivity contribution in [2.24, 2.45) is 5.92 Å². The van der Waals surface area contributed by atoms with E-state index < -0.39 is 0 Å². The molecule has 1 rings (SSSR count). The van der Waals surface area contributed by atoms with Gasteiger partial charge >= 0.3 is 0 Å². The fraction of sp³-hybridized carbons (Fsp3) is 0.444. The third-order valence-electron chi connectivity index (χ3n) is 3.00. The van der Waals surface area contributed by atoms with E-state index in [4.69, 9.17) is 0 Å². The molecule has 0 spiro atoms. The van der Waals surface area contributed by atoms with E-state index in [1.165, 1.54) is 5.56 Å². The highest BCUT2D eigenvalue weighted by molar-refractivity contribution is 5.37. The van der Waals surface area contributed by atoms with Crippen LogP contribution in [0.3, 0.4) is 0 Å². The maximum Gasteiger partial charge on any atom is 0.0245 e. The highest BCUT2D eigenvalue weighted by Gasteiger charge is 2.12. The second kappa shape index (κ2) is 6.45. The Bertz CT molecular complexity index is 432. The van der Waals surface area contributed by atoms with Gasteiger partial charge in [0.25, 0.3) is 0 Å². The van der Waals surface area contributed by atoms with Gasteiger partial charge in [0.2, 0.25) is 0 Å². The number of rotatable bonds is 3. The molecule has 0 heteroatoms. The molecule has 0 heterocycles. The topological polar surface area (TPSA) is 0 Å². The minimum Gasteiger partial charge on any atom is -0.103 e. The van der Waals surface area contributed by atoms with Crippen molar-refractivity contribution in [3.63, 3.8) is 0 Å². The van der Waals surface area contributed by atoms with E-state index in [0.29, 0.717) is 5.92 Å². The summed E-state index contributed by atoms with van der Waals surface area (Å²) in [4.78, 5) is 0. The zero-order valence-electron chi connectivity index (χ0n) is 12.1. The summed E-state index contributed by atoms with van der Waals surface area (Å²) in [6, 6.07) is 8.59. The molecule has 0 aliphatic rings. The molecule has 0 fully saturated rings. The molecule has 0 aromatic heterocycles. The van der Waals surface area contributed by atoms with Gasteiger partial charge < -0.3 is 0 Å². The summed E-state index contributed by atoms with van der Waals surface area (Å²) >= 11 is 0. The van der Waals surface area contributed by atoms with Crippen LogP contribution in [0.25, 0.3) is 0 Å². The zero-order chi connectivity index (χ0) is 13.6. The van der Waals surface area contributed by atoms with Crippen molar-refractivity contribution in [1.82, 2.24) is 0 Å². The summed E-state index contributed by atoms with van der Waals surface area (Å²) in [5, 5.41) is 0. The molecule has 0 aliphatic heterocycles. The van der Waals surface area contributed by atoms with E-state index >= 15 is 0 Å². The maximum atomic E-state index is 3.75. The zero-order valence-corrected chi connectivity index (χ0v) is 12.1. The van der Waals surface area contributed by atoms with Crippen molar-refractivity contribution in [3.05, 3.63) is 48.0 Å². The Kier molecular flexibility index (Phi) is 5.23. The first kappa shape index (κ1) is 14.6. The van der Waals surface area contributed by atoms with Gasteiger partial charge in [0.1, 0.15) is 0 Å². The molecule has 0 N–H and O–H groups in total. The summed E-state index contributed by atoms with van der Waals surface area (Å²) in [5.74, 6) is 7.08. The van der Waals surface area contributed by atoms with Crippen LogP contribution in [0.1, 0.15) is 51.7 Å². The predicted molar refractivity (Wildman–Crippen MR) is 80.6 cm³/mol. The number of allylic oxidation sites excluding steroid dienone is 1. The molecular formula is C18H24. The maximum absolute atomic E-state index is 3.75. The number of hydrogen-bond donors (Lipinski definition) is 0. The van der Waals surface area contributed by atoms with Crippen LogP contribution in [-0.2, 0) is 5.41 Å². The molecule has 1 atom stereocenters. The Hall–Kier alpha value is -1.48. The number of benzene rings is 1. The SMILES string of the molecule is C=CCC(C)CC#Cc1ccc(C(C)(C)C)cc1. The average Bonchev–Trinajstić information content (AvgIpc) is 2.29. The van der Waals surface area contributed by atoms with E-state index in [9.17, 15) is 0 Å². The van der Waals surface area contributed by atoms with Gasteiger partial charge in [0.05, 0.1) is 0 Å². The second-order valence-electron chi connectivity index (χ2n) is 5.96. The lowest BCUT2D eigenvalue weighted by atomic mass is 9.87. The first-order valence-electron chi connectivity index (χ1n) is 6.64. The molecule has 0 amide bonds. The van der Waals surface area contributed by atoms with Crippen molar-refractivity contribution in [2.75, 3.05) is 0 Å². The summed E-state index contributed by atoms with van der Waals surface area (Å²) in [6.07, 6.45) is 3.94. The van der Waals surface area contributed by atoms with E-state index in [1.807, 2.05) is 6.08 Å². The minimum absolute atomic E-state index is 0.213. The third kappa shape index (κ3) is 4.80. The van der Waals surface area contributed by atoms with Crippen molar-refractivity contribution in [3.8, 4) is 11.8 Å². The van der Waals surface area contributed by atoms with E-state index in [2.05, 4.69) is 70.4 Å². The first-order valence-corrected chi connectivity index (χ1v) is 6.64. The van der Waals surface area contributed by atoms with Crippen molar-refractivity contribution < 1.29 is 0 Å². The van der Waals surface area contributed by atoms with Gasteiger partial charge in [-0.2, -0.15) is 0 Å². The second-order valence-corrected chi connectivity index (χ2v) is 5.96. The molecular weight excluding hydrogens is 216 g/mol. The van der Waals surface area contributed by atoms with E-state index in [0.717, 1.165) is 18.4 Å². The molecule has 18 heavy (non-hydrogen) atoms. The monoisotopic (exact) mass is 240 g/mol. The fourth-order valence-electron chi connectivity index (χ4n) is 1.75. The summed E-state index contributed by atoms with van der Waals surface area (Å²) < 4.78 is 0. The molecule has 0 radical (unpaired) electrons. The quantitative estimate of drug-likeness (QED) is 0.518. The van der Waals surface area contributed by atoms with Crippen LogP contribution in [0.5, 0.6) is 0 Å². The lowest BCUT2D eigenvalue weighted by Crippen LogP contribution is -2.10. The van der Waals surface area contributed by atoms with Crippen molar-refractivity contribution in [2.45, 2.75) is 46.0 Å². The largest absolute Gasteiger partial charge is 0.103 e. The Morgan fingerprint density at radius 3 is 2.33 bits per heavy atom. The fourth-order valence-corrected chi connectivity index (χ4v) is 1.75. The van der Waals surface area contributed by atoms with Gasteiger partial charge in [-0.25, -0.2) is 0 Å². The highest BCUT2D eigenvalue weighted by atomic mass is 14.2. The van der Waals surface area contributed by atoms with Crippen LogP contribution in [-0.4, -0.2) is 0 Å². The predicted octanol–water partition coefficient (Wildman–Crippen LogP) is 4.94. The molecule has 1 aromatic carbocycles. The summed E-state index contributed by atoms with van der Waals surface area (Å²) in [6.45, 7) is 12.6. The standard InChI is InChI=1S/C18H24/c1-6-8-15(2)9-7-10-16-11-13-17(14-12-16)18(3,4)5/h6,11-15H,1,8-9H2,2-5H3. The third-order valence-corrected chi connectivity index (χ3v) is 3.00. The Labute approximate surface area is 112 Å². The van der Waals surface area contributed by atoms with E-state index in [-0.39, 0.29) is 5.41 Å². The van der Waals surface area contributed by atoms with Gasteiger partial charge in [0, 0.05) is 12.0 Å². The summed E-state index contributed by atoms with van der Waals surface area (Å²) in [7, 11) is 0. The van der Waals surface area contributed by atoms with Crippen LogP contribution in [0, 0.1) is 17.8 Å². The van der Waals surface area contributed by atoms with Crippen LogP contribution >= 0.6 is 0 Å². The highest BCUT2D eigenvalue weighted by Crippen LogP contribution is 2.21. The van der Waals surface area contributed by atoms with Crippen molar-refractivity contribution in [1.29, 1.82) is 0 Å². The van der Waals surface area contributed by atoms with Gasteiger partial charge in [0.15, 0.2) is 0 Å². The van der Waals surface area contributed by atoms with Crippen molar-refractivity contribution >= 4 is 0 Å². The van der Waals surface area contributed by atoms with Gasteiger partial charge in [-0.05, 0) is 35.4 Å². The minimum atomic E-state index is 0.213. The lowest BCUT2D eigenvalue weighted by Gasteiger charge is -2.18. The van der Waals surface area contributed by atoms with E-state index in [1.54, 1.807) is 0 Å². The normalized spacial score (nSPS) is 12.4. The van der Waals surface area contributed by atoms with Gasteiger partial charge in [-0.1, -0.05) is 57.7 Å². The molecule has 96 valence electrons. The van der Waals surface area contributed by atoms with Crippen LogP contribution in [0.15, 0.2) is 36.9 Å². The number of hydrogen-bond acceptors (Lipinski definition) is 0. The molecule has 1 aromatic rings. The molecule has 1 unspecified atom stereocenters. The molecule has 0 aliphatic carbocycles. The smallest absolute Gasteiger partial charge is 0.0245 e. The van der Waals surface area contributed by atoms with Gasteiger partial charge in [-0.3, -0.25) is 0 Å². The Morgan fingerprint density at radius 2 is 1.83 bits per heavy atom. The van der Waals surface area contributed by atoms with Crippen LogP contribution in [0.4, 0.5) is 0 Å². The van der Waals surface area contributed by atoms with Crippen LogP contribution < -0.4 is 0 Å². The summed E-state index contributed by atoms with van der Waals surface area (Å²) in [5.41, 5.74) is 2.67. The average molecular weight is 240 g/mol. The molecule has 0 bridgehead atoms. The molecule has 0 saturated heterocycles. The van der Waals surface area contributed by atoms with Gasteiger partial charge in [-0.15, -0.1) is 6.58 Å².